The van der Waals surface area contributed by atoms with Crippen molar-refractivity contribution in [2.45, 2.75) is 4.90 Å². The first-order valence-corrected chi connectivity index (χ1v) is 6.23. The second-order valence-corrected chi connectivity index (χ2v) is 4.90. The summed E-state index contributed by atoms with van der Waals surface area (Å²) in [4.78, 5) is -0.412. The molecule has 0 saturated heterocycles. The van der Waals surface area contributed by atoms with Gasteiger partial charge in [0.15, 0.2) is 0 Å². The normalized spacial score (nSPS) is 12.4. The van der Waals surface area contributed by atoms with Gasteiger partial charge in [0, 0.05) is 0 Å². The minimum atomic E-state index is -4.64. The summed E-state index contributed by atoms with van der Waals surface area (Å²) in [5.41, 5.74) is 0. The third-order valence-electron chi connectivity index (χ3n) is 1.32. The lowest BCUT2D eigenvalue weighted by atomic mass is 10.3. The number of hydrogen-bond donors (Lipinski definition) is 2. The molecule has 0 radical (unpaired) electrons. The first-order valence-electron chi connectivity index (χ1n) is 3.43. The average molecular weight is 254 g/mol. The van der Waals surface area contributed by atoms with Crippen LogP contribution in [0.5, 0.6) is 5.75 Å². The molecule has 1 aromatic rings. The van der Waals surface area contributed by atoms with E-state index >= 15 is 0 Å². The zero-order chi connectivity index (χ0) is 11.7. The average Bonchev–Trinajstić information content (AvgIpc) is 2.00. The Morgan fingerprint density at radius 2 is 1.40 bits per heavy atom. The molecule has 84 valence electrons. The van der Waals surface area contributed by atoms with Gasteiger partial charge in [-0.3, -0.25) is 9.11 Å². The minimum absolute atomic E-state index is 0.273. The maximum Gasteiger partial charge on any atom is 0.446 e. The van der Waals surface area contributed by atoms with Gasteiger partial charge in [-0.25, -0.2) is 0 Å². The Morgan fingerprint density at radius 1 is 0.933 bits per heavy atom. The summed E-state index contributed by atoms with van der Waals surface area (Å²) in [6, 6.07) is 3.79. The number of hydrogen-bond acceptors (Lipinski definition) is 5. The molecule has 2 N–H and O–H groups in total. The molecule has 0 aliphatic heterocycles. The smallest absolute Gasteiger partial charge is 0.362 e. The van der Waals surface area contributed by atoms with Gasteiger partial charge in [-0.2, -0.15) is 16.8 Å². The SMILES string of the molecule is O=S(=O)(O)Oc1ccc(S(=O)(=O)O)cc1. The van der Waals surface area contributed by atoms with Crippen LogP contribution in [-0.2, 0) is 20.5 Å². The first kappa shape index (κ1) is 11.9. The maximum atomic E-state index is 10.6. The van der Waals surface area contributed by atoms with E-state index in [1.54, 1.807) is 0 Å². The molecule has 0 bridgehead atoms. The van der Waals surface area contributed by atoms with E-state index in [1.807, 2.05) is 0 Å². The molecule has 0 saturated carbocycles. The summed E-state index contributed by atoms with van der Waals surface area (Å²) in [7, 11) is -8.97. The van der Waals surface area contributed by atoms with Gasteiger partial charge in [0.1, 0.15) is 5.75 Å². The van der Waals surface area contributed by atoms with E-state index in [0.29, 0.717) is 0 Å². The van der Waals surface area contributed by atoms with Gasteiger partial charge in [-0.05, 0) is 24.3 Å². The highest BCUT2D eigenvalue weighted by atomic mass is 32.3. The van der Waals surface area contributed by atoms with E-state index in [0.717, 1.165) is 24.3 Å². The Kier molecular flexibility index (Phi) is 3.00. The molecule has 15 heavy (non-hydrogen) atoms. The van der Waals surface area contributed by atoms with Crippen LogP contribution in [0, 0.1) is 0 Å². The Morgan fingerprint density at radius 3 is 1.73 bits per heavy atom. The van der Waals surface area contributed by atoms with Crippen molar-refractivity contribution in [2.24, 2.45) is 0 Å². The molecular formula is C6H6O7S2. The van der Waals surface area contributed by atoms with E-state index in [1.165, 1.54) is 0 Å². The molecule has 0 atom stereocenters. The second-order valence-electron chi connectivity index (χ2n) is 2.46. The summed E-state index contributed by atoms with van der Waals surface area (Å²) in [5.74, 6) is -0.273. The van der Waals surface area contributed by atoms with E-state index in [9.17, 15) is 16.8 Å². The van der Waals surface area contributed by atoms with Crippen LogP contribution in [0.25, 0.3) is 0 Å². The zero-order valence-corrected chi connectivity index (χ0v) is 8.69. The second kappa shape index (κ2) is 3.77. The molecule has 7 nitrogen and oxygen atoms in total. The van der Waals surface area contributed by atoms with Crippen molar-refractivity contribution < 1.29 is 30.1 Å². The summed E-state index contributed by atoms with van der Waals surface area (Å²) in [6.07, 6.45) is 0. The summed E-state index contributed by atoms with van der Waals surface area (Å²) >= 11 is 0. The van der Waals surface area contributed by atoms with Gasteiger partial charge in [0.25, 0.3) is 10.1 Å². The summed E-state index contributed by atoms with van der Waals surface area (Å²) in [6.45, 7) is 0. The van der Waals surface area contributed by atoms with Crippen LogP contribution in [0.2, 0.25) is 0 Å². The van der Waals surface area contributed by atoms with Gasteiger partial charge in [0.2, 0.25) is 0 Å². The molecule has 1 rings (SSSR count). The molecule has 0 amide bonds. The molecule has 0 aliphatic carbocycles. The fraction of sp³-hybridized carbons (Fsp3) is 0. The van der Waals surface area contributed by atoms with Crippen LogP contribution in [-0.4, -0.2) is 25.9 Å². The van der Waals surface area contributed by atoms with Gasteiger partial charge in [-0.1, -0.05) is 0 Å². The molecule has 9 heteroatoms. The molecule has 0 aliphatic rings. The van der Waals surface area contributed by atoms with Crippen LogP contribution < -0.4 is 4.18 Å². The van der Waals surface area contributed by atoms with Crippen LogP contribution in [0.1, 0.15) is 0 Å². The van der Waals surface area contributed by atoms with Crippen molar-refractivity contribution in [1.82, 2.24) is 0 Å². The molecule has 0 fully saturated rings. The van der Waals surface area contributed by atoms with Crippen LogP contribution in [0.4, 0.5) is 0 Å². The van der Waals surface area contributed by atoms with Crippen LogP contribution in [0.15, 0.2) is 29.2 Å². The van der Waals surface area contributed by atoms with E-state index < -0.39 is 25.4 Å². The zero-order valence-electron chi connectivity index (χ0n) is 7.06. The minimum Gasteiger partial charge on any atom is -0.362 e. The van der Waals surface area contributed by atoms with E-state index in [-0.39, 0.29) is 5.75 Å². The molecule has 0 aromatic heterocycles. The van der Waals surface area contributed by atoms with Gasteiger partial charge in [-0.15, -0.1) is 0 Å². The Balaban J connectivity index is 3.02. The first-order chi connectivity index (χ1) is 6.68. The predicted octanol–water partition coefficient (Wildman–Crippen LogP) is 0.115. The lowest BCUT2D eigenvalue weighted by Crippen LogP contribution is -2.06. The van der Waals surface area contributed by atoms with Crippen LogP contribution >= 0.6 is 0 Å². The van der Waals surface area contributed by atoms with E-state index in [4.69, 9.17) is 9.11 Å². The number of rotatable bonds is 3. The lowest BCUT2D eigenvalue weighted by Gasteiger charge is -2.01. The standard InChI is InChI=1S/C6H6O7S2/c7-14(8,9)6-3-1-5(2-4-6)13-15(10,11)12/h1-4H,(H,7,8,9)(H,10,11,12). The summed E-state index contributed by atoms with van der Waals surface area (Å²) in [5, 5.41) is 0. The lowest BCUT2D eigenvalue weighted by molar-refractivity contribution is 0.386. The fourth-order valence-electron chi connectivity index (χ4n) is 0.789. The highest BCUT2D eigenvalue weighted by Crippen LogP contribution is 2.16. The van der Waals surface area contributed by atoms with Crippen molar-refractivity contribution in [3.63, 3.8) is 0 Å². The monoisotopic (exact) mass is 254 g/mol. The van der Waals surface area contributed by atoms with Gasteiger partial charge >= 0.3 is 10.4 Å². The van der Waals surface area contributed by atoms with Crippen LogP contribution in [0.3, 0.4) is 0 Å². The molecular weight excluding hydrogens is 248 g/mol. The Bertz CT molecular complexity index is 540. The fourth-order valence-corrected chi connectivity index (χ4v) is 1.62. The van der Waals surface area contributed by atoms with Gasteiger partial charge < -0.3 is 4.18 Å². The predicted molar refractivity (Wildman–Crippen MR) is 48.4 cm³/mol. The third-order valence-corrected chi connectivity index (χ3v) is 2.59. The van der Waals surface area contributed by atoms with Gasteiger partial charge in [0.05, 0.1) is 4.90 Å². The highest BCUT2D eigenvalue weighted by Gasteiger charge is 2.11. The topological polar surface area (TPSA) is 118 Å². The third kappa shape index (κ3) is 3.83. The maximum absolute atomic E-state index is 10.6. The molecule has 0 unspecified atom stereocenters. The Labute approximate surface area is 86.0 Å². The largest absolute Gasteiger partial charge is 0.446 e. The van der Waals surface area contributed by atoms with Crippen molar-refractivity contribution in [2.75, 3.05) is 0 Å². The Hall–Kier alpha value is -1.16. The van der Waals surface area contributed by atoms with Crippen molar-refractivity contribution in [3.8, 4) is 5.75 Å². The van der Waals surface area contributed by atoms with Crippen molar-refractivity contribution in [1.29, 1.82) is 0 Å². The van der Waals surface area contributed by atoms with E-state index in [2.05, 4.69) is 4.18 Å². The summed E-state index contributed by atoms with van der Waals surface area (Å²) < 4.78 is 62.5. The molecule has 1 aromatic carbocycles. The molecule has 0 heterocycles. The van der Waals surface area contributed by atoms with Crippen molar-refractivity contribution >= 4 is 20.5 Å². The van der Waals surface area contributed by atoms with Crippen molar-refractivity contribution in [3.05, 3.63) is 24.3 Å². The molecule has 0 spiro atoms. The quantitative estimate of drug-likeness (QED) is 0.735. The number of benzene rings is 1. The highest BCUT2D eigenvalue weighted by molar-refractivity contribution is 7.85.